The summed E-state index contributed by atoms with van der Waals surface area (Å²) in [5.74, 6) is 0.371. The van der Waals surface area contributed by atoms with E-state index in [1.165, 1.54) is 0 Å². The number of rotatable bonds is 2. The van der Waals surface area contributed by atoms with Crippen molar-refractivity contribution in [2.75, 3.05) is 19.6 Å². The van der Waals surface area contributed by atoms with E-state index in [0.717, 1.165) is 18.5 Å². The van der Waals surface area contributed by atoms with E-state index in [4.69, 9.17) is 10.3 Å². The Morgan fingerprint density at radius 2 is 2.15 bits per heavy atom. The number of fused-ring (bicyclic) bond motifs is 2. The summed E-state index contributed by atoms with van der Waals surface area (Å²) < 4.78 is 5.34. The normalized spacial score (nSPS) is 25.8. The maximum absolute atomic E-state index is 13.3. The van der Waals surface area contributed by atoms with Gasteiger partial charge in [0.25, 0.3) is 11.6 Å². The van der Waals surface area contributed by atoms with Crippen LogP contribution in [0.2, 0.25) is 0 Å². The predicted molar refractivity (Wildman–Crippen MR) is 92.5 cm³/mol. The van der Waals surface area contributed by atoms with Crippen LogP contribution in [-0.4, -0.2) is 63.5 Å². The van der Waals surface area contributed by atoms with E-state index in [0.29, 0.717) is 54.3 Å². The molecule has 2 N–H and O–H groups in total. The number of piperazine rings is 1. The van der Waals surface area contributed by atoms with E-state index in [1.807, 2.05) is 22.8 Å². The Kier molecular flexibility index (Phi) is 3.34. The molecule has 136 valence electrons. The summed E-state index contributed by atoms with van der Waals surface area (Å²) in [6, 6.07) is 1.48. The van der Waals surface area contributed by atoms with E-state index in [2.05, 4.69) is 10.1 Å². The molecule has 8 nitrogen and oxygen atoms in total. The van der Waals surface area contributed by atoms with Gasteiger partial charge in [0.15, 0.2) is 0 Å². The highest BCUT2D eigenvalue weighted by molar-refractivity contribution is 6.06. The summed E-state index contributed by atoms with van der Waals surface area (Å²) in [4.78, 5) is 33.6. The first-order valence-electron chi connectivity index (χ1n) is 9.15. The van der Waals surface area contributed by atoms with Crippen LogP contribution in [0, 0.1) is 6.92 Å². The molecule has 2 aliphatic heterocycles. The molecule has 4 heterocycles. The average molecular weight is 355 g/mol. The molecule has 2 aromatic heterocycles. The van der Waals surface area contributed by atoms with Gasteiger partial charge in [-0.3, -0.25) is 9.59 Å². The zero-order chi connectivity index (χ0) is 18.0. The minimum atomic E-state index is -0.440. The van der Waals surface area contributed by atoms with Gasteiger partial charge in [-0.15, -0.1) is 0 Å². The van der Waals surface area contributed by atoms with Gasteiger partial charge in [-0.1, -0.05) is 5.16 Å². The largest absolute Gasteiger partial charge is 0.336 e. The van der Waals surface area contributed by atoms with Crippen molar-refractivity contribution in [2.24, 2.45) is 5.73 Å². The molecule has 2 amide bonds. The molecule has 2 aromatic rings. The fourth-order valence-electron chi connectivity index (χ4n) is 4.18. The van der Waals surface area contributed by atoms with Crippen molar-refractivity contribution in [3.8, 4) is 0 Å². The summed E-state index contributed by atoms with van der Waals surface area (Å²) in [6.45, 7) is 3.40. The lowest BCUT2D eigenvalue weighted by Crippen LogP contribution is -2.53. The number of carbonyl (C=O) groups excluding carboxylic acids is 2. The number of amides is 2. The second-order valence-electron chi connectivity index (χ2n) is 7.60. The molecule has 0 aromatic carbocycles. The van der Waals surface area contributed by atoms with Crippen LogP contribution in [0.15, 0.2) is 10.6 Å². The Labute approximate surface area is 150 Å². The Hall–Kier alpha value is -2.48. The van der Waals surface area contributed by atoms with Gasteiger partial charge in [-0.05, 0) is 32.3 Å². The van der Waals surface area contributed by atoms with Crippen LogP contribution in [0.25, 0.3) is 11.1 Å². The van der Waals surface area contributed by atoms with E-state index in [-0.39, 0.29) is 17.9 Å². The minimum Gasteiger partial charge on any atom is -0.336 e. The fraction of sp³-hybridized carbons (Fsp3) is 0.556. The van der Waals surface area contributed by atoms with Crippen LogP contribution in [0.3, 0.4) is 0 Å². The van der Waals surface area contributed by atoms with Gasteiger partial charge >= 0.3 is 0 Å². The number of nitrogens with zero attached hydrogens (tertiary/aromatic N) is 4. The monoisotopic (exact) mass is 355 g/mol. The van der Waals surface area contributed by atoms with Crippen molar-refractivity contribution in [1.29, 1.82) is 0 Å². The van der Waals surface area contributed by atoms with Crippen molar-refractivity contribution < 1.29 is 14.1 Å². The molecule has 3 fully saturated rings. The van der Waals surface area contributed by atoms with Gasteiger partial charge < -0.3 is 20.1 Å². The molecule has 5 rings (SSSR count). The topological polar surface area (TPSA) is 106 Å². The maximum atomic E-state index is 13.3. The molecule has 0 spiro atoms. The lowest BCUT2D eigenvalue weighted by molar-refractivity contribution is -0.131. The van der Waals surface area contributed by atoms with Crippen LogP contribution < -0.4 is 5.73 Å². The SMILES string of the molecule is Cc1noc2nc(C3CC3)cc(C(=O)N3CCN4C(=O)C(N)CC4C3)c12. The van der Waals surface area contributed by atoms with E-state index in [9.17, 15) is 9.59 Å². The molecule has 2 saturated heterocycles. The number of hydrogen-bond donors (Lipinski definition) is 1. The van der Waals surface area contributed by atoms with Gasteiger partial charge in [0, 0.05) is 31.2 Å². The zero-order valence-electron chi connectivity index (χ0n) is 14.6. The Bertz CT molecular complexity index is 919. The Morgan fingerprint density at radius 3 is 2.92 bits per heavy atom. The third kappa shape index (κ3) is 2.32. The van der Waals surface area contributed by atoms with Crippen LogP contribution in [0.4, 0.5) is 0 Å². The summed E-state index contributed by atoms with van der Waals surface area (Å²) in [7, 11) is 0. The number of aromatic nitrogens is 2. The Morgan fingerprint density at radius 1 is 1.35 bits per heavy atom. The minimum absolute atomic E-state index is 0.000649. The molecule has 8 heteroatoms. The number of nitrogens with two attached hydrogens (primary N) is 1. The fourth-order valence-corrected chi connectivity index (χ4v) is 4.18. The number of aryl methyl sites for hydroxylation is 1. The Balaban J connectivity index is 1.49. The number of carbonyl (C=O) groups is 2. The molecule has 26 heavy (non-hydrogen) atoms. The van der Waals surface area contributed by atoms with Crippen LogP contribution in [-0.2, 0) is 4.79 Å². The van der Waals surface area contributed by atoms with Gasteiger partial charge in [-0.25, -0.2) is 4.98 Å². The average Bonchev–Trinajstić information content (AvgIpc) is 3.37. The van der Waals surface area contributed by atoms with E-state index in [1.54, 1.807) is 0 Å². The van der Waals surface area contributed by atoms with Crippen LogP contribution >= 0.6 is 0 Å². The second kappa shape index (κ2) is 5.51. The second-order valence-corrected chi connectivity index (χ2v) is 7.60. The van der Waals surface area contributed by atoms with Gasteiger partial charge in [-0.2, -0.15) is 0 Å². The van der Waals surface area contributed by atoms with E-state index < -0.39 is 6.04 Å². The number of pyridine rings is 1. The standard InChI is InChI=1S/C18H21N5O3/c1-9-15-12(7-14(10-2-3-10)20-16(15)26-21-9)17(24)22-4-5-23-11(8-22)6-13(19)18(23)25/h7,10-11,13H,2-6,8,19H2,1H3. The van der Waals surface area contributed by atoms with Crippen LogP contribution in [0.1, 0.15) is 46.9 Å². The molecule has 2 unspecified atom stereocenters. The van der Waals surface area contributed by atoms with Gasteiger partial charge in [0.05, 0.1) is 28.7 Å². The summed E-state index contributed by atoms with van der Waals surface area (Å²) in [5, 5.41) is 4.70. The van der Waals surface area contributed by atoms with Gasteiger partial charge in [0.1, 0.15) is 0 Å². The maximum Gasteiger partial charge on any atom is 0.259 e. The quantitative estimate of drug-likeness (QED) is 0.854. The third-order valence-electron chi connectivity index (χ3n) is 5.76. The van der Waals surface area contributed by atoms with Crippen LogP contribution in [0.5, 0.6) is 0 Å². The van der Waals surface area contributed by atoms with Crippen molar-refractivity contribution in [2.45, 2.75) is 44.2 Å². The zero-order valence-corrected chi connectivity index (χ0v) is 14.6. The summed E-state index contributed by atoms with van der Waals surface area (Å²) in [6.07, 6.45) is 2.80. The smallest absolute Gasteiger partial charge is 0.259 e. The summed E-state index contributed by atoms with van der Waals surface area (Å²) >= 11 is 0. The van der Waals surface area contributed by atoms with Gasteiger partial charge in [0.2, 0.25) is 5.91 Å². The number of hydrogen-bond acceptors (Lipinski definition) is 6. The molecular formula is C18H21N5O3. The predicted octanol–water partition coefficient (Wildman–Crippen LogP) is 0.793. The van der Waals surface area contributed by atoms with Crippen molar-refractivity contribution in [3.05, 3.63) is 23.0 Å². The van der Waals surface area contributed by atoms with Crippen molar-refractivity contribution >= 4 is 22.9 Å². The first-order chi connectivity index (χ1) is 12.5. The van der Waals surface area contributed by atoms with Crippen molar-refractivity contribution in [3.63, 3.8) is 0 Å². The highest BCUT2D eigenvalue weighted by atomic mass is 16.5. The molecular weight excluding hydrogens is 334 g/mol. The molecule has 2 atom stereocenters. The van der Waals surface area contributed by atoms with E-state index >= 15 is 0 Å². The molecule has 0 radical (unpaired) electrons. The highest BCUT2D eigenvalue weighted by Gasteiger charge is 2.42. The molecule has 1 aliphatic carbocycles. The molecule has 3 aliphatic rings. The first kappa shape index (κ1) is 15.7. The van der Waals surface area contributed by atoms with Crippen molar-refractivity contribution in [1.82, 2.24) is 19.9 Å². The first-order valence-corrected chi connectivity index (χ1v) is 9.15. The molecule has 1 saturated carbocycles. The third-order valence-corrected chi connectivity index (χ3v) is 5.76. The lowest BCUT2D eigenvalue weighted by atomic mass is 10.0. The highest BCUT2D eigenvalue weighted by Crippen LogP contribution is 2.40. The summed E-state index contributed by atoms with van der Waals surface area (Å²) in [5.41, 5.74) is 8.52. The molecule has 0 bridgehead atoms. The lowest BCUT2D eigenvalue weighted by Gasteiger charge is -2.37.